The van der Waals surface area contributed by atoms with Crippen molar-refractivity contribution in [3.63, 3.8) is 0 Å². The molecule has 0 radical (unpaired) electrons. The second-order valence-corrected chi connectivity index (χ2v) is 8.03. The third kappa shape index (κ3) is 4.51. The molecular formula is C27H24ClN3O. The summed E-state index contributed by atoms with van der Waals surface area (Å²) in [4.78, 5) is 5.61. The first-order valence-electron chi connectivity index (χ1n) is 10.6. The molecule has 5 heteroatoms. The molecule has 0 saturated heterocycles. The Balaban J connectivity index is 1.31. The third-order valence-electron chi connectivity index (χ3n) is 5.54. The maximum atomic E-state index is 5.94. The molecule has 0 unspecified atom stereocenters. The van der Waals surface area contributed by atoms with Gasteiger partial charge in [-0.2, -0.15) is 0 Å². The molecule has 0 aliphatic carbocycles. The van der Waals surface area contributed by atoms with Gasteiger partial charge in [0.2, 0.25) is 0 Å². The maximum absolute atomic E-state index is 5.94. The summed E-state index contributed by atoms with van der Waals surface area (Å²) in [5.41, 5.74) is 7.82. The number of nitrogens with zero attached hydrogens (tertiary/aromatic N) is 1. The van der Waals surface area contributed by atoms with E-state index in [1.165, 1.54) is 11.3 Å². The first kappa shape index (κ1) is 20.3. The zero-order valence-corrected chi connectivity index (χ0v) is 18.3. The summed E-state index contributed by atoms with van der Waals surface area (Å²) < 4.78 is 5.91. The van der Waals surface area contributed by atoms with E-state index in [9.17, 15) is 0 Å². The van der Waals surface area contributed by atoms with Gasteiger partial charge in [0, 0.05) is 40.9 Å². The smallest absolute Gasteiger partial charge is 0.119 e. The van der Waals surface area contributed by atoms with E-state index >= 15 is 0 Å². The average molecular weight is 442 g/mol. The van der Waals surface area contributed by atoms with Gasteiger partial charge in [0.15, 0.2) is 0 Å². The van der Waals surface area contributed by atoms with E-state index in [1.54, 1.807) is 0 Å². The lowest BCUT2D eigenvalue weighted by Gasteiger charge is -2.28. The number of hydrogen-bond acceptors (Lipinski definition) is 3. The molecule has 32 heavy (non-hydrogen) atoms. The molecule has 1 aliphatic heterocycles. The molecule has 0 atom stereocenters. The summed E-state index contributed by atoms with van der Waals surface area (Å²) in [6.07, 6.45) is 4.15. The fraction of sp³-hybridized carbons (Fsp3) is 0.111. The van der Waals surface area contributed by atoms with Crippen molar-refractivity contribution in [3.8, 4) is 5.75 Å². The number of aromatic nitrogens is 1. The number of alkyl halides is 1. The second kappa shape index (κ2) is 9.25. The van der Waals surface area contributed by atoms with Crippen molar-refractivity contribution in [2.45, 2.75) is 19.0 Å². The minimum Gasteiger partial charge on any atom is -0.489 e. The van der Waals surface area contributed by atoms with Crippen LogP contribution in [0, 0.1) is 0 Å². The molecule has 160 valence electrons. The topological polar surface area (TPSA) is 40.3 Å². The molecule has 4 aromatic rings. The van der Waals surface area contributed by atoms with Crippen LogP contribution < -0.4 is 15.0 Å². The van der Waals surface area contributed by atoms with Gasteiger partial charge < -0.3 is 19.9 Å². The average Bonchev–Trinajstić information content (AvgIpc) is 3.33. The molecule has 5 rings (SSSR count). The van der Waals surface area contributed by atoms with Gasteiger partial charge in [-0.1, -0.05) is 42.5 Å². The van der Waals surface area contributed by atoms with E-state index in [0.29, 0.717) is 12.5 Å². The highest BCUT2D eigenvalue weighted by atomic mass is 35.5. The van der Waals surface area contributed by atoms with E-state index in [4.69, 9.17) is 16.3 Å². The largest absolute Gasteiger partial charge is 0.489 e. The lowest BCUT2D eigenvalue weighted by molar-refractivity contribution is 0.306. The van der Waals surface area contributed by atoms with Gasteiger partial charge in [-0.05, 0) is 53.6 Å². The fourth-order valence-corrected chi connectivity index (χ4v) is 3.98. The Morgan fingerprint density at radius 2 is 1.66 bits per heavy atom. The quantitative estimate of drug-likeness (QED) is 0.311. The Morgan fingerprint density at radius 3 is 2.41 bits per heavy atom. The van der Waals surface area contributed by atoms with Gasteiger partial charge in [0.05, 0.1) is 12.2 Å². The number of H-pyrrole nitrogens is 1. The molecule has 2 heterocycles. The van der Waals surface area contributed by atoms with Gasteiger partial charge in [0.1, 0.15) is 12.4 Å². The third-order valence-corrected chi connectivity index (χ3v) is 5.85. The molecule has 0 bridgehead atoms. The van der Waals surface area contributed by atoms with Gasteiger partial charge in [-0.3, -0.25) is 0 Å². The van der Waals surface area contributed by atoms with Crippen molar-refractivity contribution in [2.24, 2.45) is 0 Å². The van der Waals surface area contributed by atoms with Gasteiger partial charge in [-0.15, -0.1) is 11.6 Å². The van der Waals surface area contributed by atoms with Crippen LogP contribution in [0.5, 0.6) is 5.75 Å². The normalized spacial score (nSPS) is 12.8. The Hall–Kier alpha value is -3.63. The van der Waals surface area contributed by atoms with Crippen LogP contribution >= 0.6 is 11.6 Å². The molecule has 3 aromatic carbocycles. The zero-order chi connectivity index (χ0) is 21.8. The van der Waals surface area contributed by atoms with Crippen LogP contribution in [0.4, 0.5) is 11.4 Å². The monoisotopic (exact) mass is 441 g/mol. The van der Waals surface area contributed by atoms with Crippen molar-refractivity contribution in [1.29, 1.82) is 0 Å². The fourth-order valence-electron chi connectivity index (χ4n) is 3.80. The Labute approximate surface area is 193 Å². The molecule has 0 spiro atoms. The van der Waals surface area contributed by atoms with Crippen LogP contribution in [0.1, 0.15) is 22.4 Å². The van der Waals surface area contributed by atoms with Crippen molar-refractivity contribution in [2.75, 3.05) is 10.2 Å². The summed E-state index contributed by atoms with van der Waals surface area (Å²) in [6.45, 7) is 1.35. The number of hydrogen-bond donors (Lipinski definition) is 2. The molecule has 1 aromatic heterocycles. The minimum absolute atomic E-state index is 0.523. The number of nitrogens with one attached hydrogen (secondary N) is 2. The Kier molecular flexibility index (Phi) is 5.86. The molecule has 1 aliphatic rings. The number of fused-ring (bicyclic) bond motifs is 1. The first-order valence-corrected chi connectivity index (χ1v) is 11.2. The van der Waals surface area contributed by atoms with Crippen molar-refractivity contribution < 1.29 is 4.74 Å². The predicted octanol–water partition coefficient (Wildman–Crippen LogP) is 6.76. The van der Waals surface area contributed by atoms with E-state index in [0.717, 1.165) is 40.5 Å². The summed E-state index contributed by atoms with van der Waals surface area (Å²) in [7, 11) is 0. The first-order chi connectivity index (χ1) is 15.8. The van der Waals surface area contributed by atoms with E-state index in [2.05, 4.69) is 63.9 Å². The van der Waals surface area contributed by atoms with E-state index in [1.807, 2.05) is 48.7 Å². The molecular weight excluding hydrogens is 418 g/mol. The summed E-state index contributed by atoms with van der Waals surface area (Å²) in [5, 5.41) is 3.57. The summed E-state index contributed by atoms with van der Waals surface area (Å²) >= 11 is 5.94. The maximum Gasteiger partial charge on any atom is 0.119 e. The van der Waals surface area contributed by atoms with Crippen LogP contribution in [0.2, 0.25) is 0 Å². The van der Waals surface area contributed by atoms with Crippen molar-refractivity contribution >= 4 is 28.7 Å². The molecule has 0 amide bonds. The van der Waals surface area contributed by atoms with E-state index < -0.39 is 0 Å². The summed E-state index contributed by atoms with van der Waals surface area (Å²) in [5.74, 6) is 1.37. The minimum atomic E-state index is 0.523. The highest BCUT2D eigenvalue weighted by Gasteiger charge is 2.19. The molecule has 2 N–H and O–H groups in total. The van der Waals surface area contributed by atoms with Crippen LogP contribution in [-0.2, 0) is 19.0 Å². The van der Waals surface area contributed by atoms with Crippen molar-refractivity contribution in [3.05, 3.63) is 120 Å². The van der Waals surface area contributed by atoms with Gasteiger partial charge >= 0.3 is 0 Å². The lowest BCUT2D eigenvalue weighted by atomic mass is 10.1. The Morgan fingerprint density at radius 1 is 0.875 bits per heavy atom. The summed E-state index contributed by atoms with van der Waals surface area (Å²) in [6, 6.07) is 28.7. The predicted molar refractivity (Wildman–Crippen MR) is 132 cm³/mol. The second-order valence-electron chi connectivity index (χ2n) is 7.76. The van der Waals surface area contributed by atoms with Crippen LogP contribution in [0.15, 0.2) is 97.3 Å². The highest BCUT2D eigenvalue weighted by molar-refractivity contribution is 6.17. The number of anilines is 2. The van der Waals surface area contributed by atoms with Gasteiger partial charge in [0.25, 0.3) is 0 Å². The van der Waals surface area contributed by atoms with Crippen LogP contribution in [0.25, 0.3) is 5.70 Å². The molecule has 0 fully saturated rings. The number of benzene rings is 3. The van der Waals surface area contributed by atoms with Crippen molar-refractivity contribution in [1.82, 2.24) is 4.98 Å². The molecule has 0 saturated carbocycles. The van der Waals surface area contributed by atoms with E-state index in [-0.39, 0.29) is 0 Å². The van der Waals surface area contributed by atoms with Gasteiger partial charge in [-0.25, -0.2) is 0 Å². The highest BCUT2D eigenvalue weighted by Crippen LogP contribution is 2.31. The van der Waals surface area contributed by atoms with Crippen LogP contribution in [0.3, 0.4) is 0 Å². The van der Waals surface area contributed by atoms with Crippen LogP contribution in [-0.4, -0.2) is 4.98 Å². The zero-order valence-electron chi connectivity index (χ0n) is 17.6. The standard InChI is InChI=1S/C27H24ClN3O/c28-16-20-6-10-23(11-7-20)31-17-26-25(14-15-29-26)27(18-31)30-22-8-12-24(13-9-22)32-19-21-4-2-1-3-5-21/h1-15,18,29-30H,16-17,19H2. The lowest BCUT2D eigenvalue weighted by Crippen LogP contribution is -2.23. The number of rotatable bonds is 7. The Bertz CT molecular complexity index is 1200. The SMILES string of the molecule is ClCc1ccc(N2C=C(Nc3ccc(OCc4ccccc4)cc3)c3cc[nH]c3C2)cc1. The number of halogens is 1. The number of ether oxygens (including phenoxy) is 1. The number of aromatic amines is 1. The molecule has 4 nitrogen and oxygen atoms in total.